The molecule has 0 heterocycles. The van der Waals surface area contributed by atoms with Crippen molar-refractivity contribution in [2.45, 2.75) is 19.8 Å². The monoisotopic (exact) mass is 233 g/mol. The third-order valence-corrected chi connectivity index (χ3v) is 3.22. The van der Waals surface area contributed by atoms with Crippen molar-refractivity contribution in [2.75, 3.05) is 23.7 Å². The molecule has 2 rings (SSSR count). The summed E-state index contributed by atoms with van der Waals surface area (Å²) in [6, 6.07) is 5.50. The molecule has 1 aliphatic rings. The molecule has 0 spiro atoms. The predicted molar refractivity (Wildman–Crippen MR) is 70.0 cm³/mol. The molecule has 1 aliphatic carbocycles. The molecule has 92 valence electrons. The number of nitrogens with zero attached hydrogens (tertiary/aromatic N) is 1. The highest BCUT2D eigenvalue weighted by molar-refractivity contribution is 5.99. The normalized spacial score (nSPS) is 14.6. The first-order chi connectivity index (χ1) is 8.11. The predicted octanol–water partition coefficient (Wildman–Crippen LogP) is 1.60. The zero-order valence-corrected chi connectivity index (χ0v) is 10.1. The lowest BCUT2D eigenvalue weighted by molar-refractivity contribution is 0.100. The van der Waals surface area contributed by atoms with E-state index < -0.39 is 5.91 Å². The maximum atomic E-state index is 11.2. The minimum absolute atomic E-state index is 0.414. The summed E-state index contributed by atoms with van der Waals surface area (Å²) in [6.07, 6.45) is 2.63. The number of amides is 1. The second-order valence-corrected chi connectivity index (χ2v) is 4.62. The SMILES string of the molecule is CCN(CC1CC1)c1ccc(N)c(C(N)=O)c1. The molecule has 4 heteroatoms. The molecule has 0 aromatic heterocycles. The van der Waals surface area contributed by atoms with Gasteiger partial charge in [0.1, 0.15) is 0 Å². The first-order valence-electron chi connectivity index (χ1n) is 6.06. The summed E-state index contributed by atoms with van der Waals surface area (Å²) >= 11 is 0. The number of nitrogens with two attached hydrogens (primary N) is 2. The number of hydrogen-bond acceptors (Lipinski definition) is 3. The number of nitrogen functional groups attached to an aromatic ring is 1. The van der Waals surface area contributed by atoms with Gasteiger partial charge < -0.3 is 16.4 Å². The van der Waals surface area contributed by atoms with E-state index in [-0.39, 0.29) is 0 Å². The molecule has 0 unspecified atom stereocenters. The van der Waals surface area contributed by atoms with Crippen molar-refractivity contribution in [3.63, 3.8) is 0 Å². The van der Waals surface area contributed by atoms with Crippen molar-refractivity contribution in [2.24, 2.45) is 11.7 Å². The Morgan fingerprint density at radius 3 is 2.71 bits per heavy atom. The average molecular weight is 233 g/mol. The van der Waals surface area contributed by atoms with Crippen LogP contribution in [-0.4, -0.2) is 19.0 Å². The van der Waals surface area contributed by atoms with E-state index in [1.807, 2.05) is 6.07 Å². The summed E-state index contributed by atoms with van der Waals surface area (Å²) in [7, 11) is 0. The van der Waals surface area contributed by atoms with E-state index in [4.69, 9.17) is 11.5 Å². The number of carbonyl (C=O) groups is 1. The van der Waals surface area contributed by atoms with Gasteiger partial charge in [0, 0.05) is 24.5 Å². The second-order valence-electron chi connectivity index (χ2n) is 4.62. The van der Waals surface area contributed by atoms with Crippen LogP contribution >= 0.6 is 0 Å². The average Bonchev–Trinajstić information content (AvgIpc) is 3.10. The fraction of sp³-hybridized carbons (Fsp3) is 0.462. The second kappa shape index (κ2) is 4.65. The standard InChI is InChI=1S/C13H19N3O/c1-2-16(8-9-3-4-9)10-5-6-12(14)11(7-10)13(15)17/h5-7,9H,2-4,8,14H2,1H3,(H2,15,17). The molecule has 1 saturated carbocycles. The van der Waals surface area contributed by atoms with E-state index in [0.29, 0.717) is 11.3 Å². The fourth-order valence-corrected chi connectivity index (χ4v) is 1.98. The van der Waals surface area contributed by atoms with E-state index in [0.717, 1.165) is 24.7 Å². The summed E-state index contributed by atoms with van der Waals surface area (Å²) in [5, 5.41) is 0. The topological polar surface area (TPSA) is 72.3 Å². The Bertz CT molecular complexity index is 427. The number of primary amides is 1. The fourth-order valence-electron chi connectivity index (χ4n) is 1.98. The lowest BCUT2D eigenvalue weighted by Gasteiger charge is -2.23. The van der Waals surface area contributed by atoms with Crippen molar-refractivity contribution < 1.29 is 4.79 Å². The molecule has 0 saturated heterocycles. The molecule has 1 aromatic rings. The van der Waals surface area contributed by atoms with Gasteiger partial charge in [0.2, 0.25) is 0 Å². The van der Waals surface area contributed by atoms with Crippen molar-refractivity contribution in [1.29, 1.82) is 0 Å². The first kappa shape index (κ1) is 11.8. The van der Waals surface area contributed by atoms with Crippen LogP contribution in [0.25, 0.3) is 0 Å². The zero-order valence-electron chi connectivity index (χ0n) is 10.1. The molecule has 4 nitrogen and oxygen atoms in total. The van der Waals surface area contributed by atoms with E-state index in [9.17, 15) is 4.79 Å². The quantitative estimate of drug-likeness (QED) is 0.759. The van der Waals surface area contributed by atoms with Crippen LogP contribution in [0.1, 0.15) is 30.1 Å². The van der Waals surface area contributed by atoms with Gasteiger partial charge in [0.05, 0.1) is 5.56 Å². The largest absolute Gasteiger partial charge is 0.398 e. The number of hydrogen-bond donors (Lipinski definition) is 2. The van der Waals surface area contributed by atoms with E-state index in [1.165, 1.54) is 12.8 Å². The van der Waals surface area contributed by atoms with Gasteiger partial charge in [0.25, 0.3) is 5.91 Å². The van der Waals surface area contributed by atoms with Gasteiger partial charge in [-0.2, -0.15) is 0 Å². The van der Waals surface area contributed by atoms with Crippen LogP contribution in [0.4, 0.5) is 11.4 Å². The highest BCUT2D eigenvalue weighted by Crippen LogP contribution is 2.32. The Morgan fingerprint density at radius 1 is 1.47 bits per heavy atom. The van der Waals surface area contributed by atoms with Crippen molar-refractivity contribution in [1.82, 2.24) is 0 Å². The molecule has 1 fully saturated rings. The number of carbonyl (C=O) groups excluding carboxylic acids is 1. The minimum atomic E-state index is -0.466. The Hall–Kier alpha value is -1.71. The maximum absolute atomic E-state index is 11.2. The molecular formula is C13H19N3O. The van der Waals surface area contributed by atoms with Gasteiger partial charge in [-0.25, -0.2) is 0 Å². The van der Waals surface area contributed by atoms with Crippen molar-refractivity contribution in [3.8, 4) is 0 Å². The molecular weight excluding hydrogens is 214 g/mol. The molecule has 1 amide bonds. The smallest absolute Gasteiger partial charge is 0.250 e. The van der Waals surface area contributed by atoms with Crippen LogP contribution in [0.2, 0.25) is 0 Å². The van der Waals surface area contributed by atoms with Crippen LogP contribution in [0.3, 0.4) is 0 Å². The summed E-state index contributed by atoms with van der Waals surface area (Å²) in [6.45, 7) is 4.10. The third kappa shape index (κ3) is 2.70. The Labute approximate surface area is 102 Å². The van der Waals surface area contributed by atoms with Gasteiger partial charge in [-0.1, -0.05) is 0 Å². The van der Waals surface area contributed by atoms with Crippen LogP contribution < -0.4 is 16.4 Å². The molecule has 0 atom stereocenters. The van der Waals surface area contributed by atoms with Crippen LogP contribution in [0.15, 0.2) is 18.2 Å². The van der Waals surface area contributed by atoms with Gasteiger partial charge >= 0.3 is 0 Å². The molecule has 17 heavy (non-hydrogen) atoms. The minimum Gasteiger partial charge on any atom is -0.398 e. The maximum Gasteiger partial charge on any atom is 0.250 e. The zero-order chi connectivity index (χ0) is 12.4. The summed E-state index contributed by atoms with van der Waals surface area (Å²) in [4.78, 5) is 13.5. The van der Waals surface area contributed by atoms with Crippen LogP contribution in [0, 0.1) is 5.92 Å². The number of benzene rings is 1. The van der Waals surface area contributed by atoms with E-state index in [2.05, 4.69) is 11.8 Å². The summed E-state index contributed by atoms with van der Waals surface area (Å²) in [5.74, 6) is 0.344. The van der Waals surface area contributed by atoms with Gasteiger partial charge in [0.15, 0.2) is 0 Å². The molecule has 0 aliphatic heterocycles. The van der Waals surface area contributed by atoms with Crippen molar-refractivity contribution in [3.05, 3.63) is 23.8 Å². The van der Waals surface area contributed by atoms with Crippen LogP contribution in [0.5, 0.6) is 0 Å². The van der Waals surface area contributed by atoms with Gasteiger partial charge in [-0.05, 0) is 43.9 Å². The Morgan fingerprint density at radius 2 is 2.18 bits per heavy atom. The Kier molecular flexibility index (Phi) is 3.22. The lowest BCUT2D eigenvalue weighted by atomic mass is 10.1. The number of anilines is 2. The Balaban J connectivity index is 2.23. The molecule has 0 bridgehead atoms. The highest BCUT2D eigenvalue weighted by atomic mass is 16.1. The lowest BCUT2D eigenvalue weighted by Crippen LogP contribution is -2.26. The van der Waals surface area contributed by atoms with Crippen LogP contribution in [-0.2, 0) is 0 Å². The van der Waals surface area contributed by atoms with Gasteiger partial charge in [-0.3, -0.25) is 4.79 Å². The molecule has 0 radical (unpaired) electrons. The van der Waals surface area contributed by atoms with E-state index in [1.54, 1.807) is 12.1 Å². The number of rotatable bonds is 5. The highest BCUT2D eigenvalue weighted by Gasteiger charge is 2.24. The molecule has 4 N–H and O–H groups in total. The first-order valence-corrected chi connectivity index (χ1v) is 6.06. The third-order valence-electron chi connectivity index (χ3n) is 3.22. The van der Waals surface area contributed by atoms with Gasteiger partial charge in [-0.15, -0.1) is 0 Å². The summed E-state index contributed by atoms with van der Waals surface area (Å²) < 4.78 is 0. The van der Waals surface area contributed by atoms with Crippen molar-refractivity contribution >= 4 is 17.3 Å². The molecule has 1 aromatic carbocycles. The van der Waals surface area contributed by atoms with E-state index >= 15 is 0 Å². The summed E-state index contributed by atoms with van der Waals surface area (Å²) in [5.41, 5.74) is 12.9.